The average Bonchev–Trinajstić information content (AvgIpc) is 3.35. The summed E-state index contributed by atoms with van der Waals surface area (Å²) in [5, 5.41) is 2.93. The van der Waals surface area contributed by atoms with Crippen LogP contribution in [0.1, 0.15) is 39.1 Å². The molecule has 7 heteroatoms. The summed E-state index contributed by atoms with van der Waals surface area (Å²) in [7, 11) is 0. The van der Waals surface area contributed by atoms with Crippen LogP contribution in [-0.2, 0) is 16.0 Å². The summed E-state index contributed by atoms with van der Waals surface area (Å²) < 4.78 is 16.7. The van der Waals surface area contributed by atoms with Gasteiger partial charge in [0.1, 0.15) is 12.4 Å². The molecule has 2 aliphatic rings. The van der Waals surface area contributed by atoms with Crippen molar-refractivity contribution in [3.63, 3.8) is 0 Å². The van der Waals surface area contributed by atoms with Crippen LogP contribution in [0.4, 0.5) is 0 Å². The number of benzene rings is 2. The summed E-state index contributed by atoms with van der Waals surface area (Å²) in [6, 6.07) is 14.6. The molecule has 0 aromatic heterocycles. The molecule has 0 saturated carbocycles. The summed E-state index contributed by atoms with van der Waals surface area (Å²) in [5.74, 6) is 0.370. The van der Waals surface area contributed by atoms with Crippen molar-refractivity contribution >= 4 is 11.8 Å². The highest BCUT2D eigenvalue weighted by atomic mass is 16.5. The van der Waals surface area contributed by atoms with E-state index in [1.807, 2.05) is 24.3 Å². The number of nitrogens with zero attached hydrogens (tertiary/aromatic N) is 1. The second-order valence-corrected chi connectivity index (χ2v) is 7.73. The molecule has 7 nitrogen and oxygen atoms in total. The molecule has 2 saturated heterocycles. The van der Waals surface area contributed by atoms with Crippen LogP contribution in [0.2, 0.25) is 0 Å². The number of para-hydroxylation sites is 1. The molecule has 164 valence electrons. The molecule has 2 fully saturated rings. The van der Waals surface area contributed by atoms with E-state index in [2.05, 4.69) is 5.32 Å². The lowest BCUT2D eigenvalue weighted by atomic mass is 10.1. The number of amides is 2. The lowest BCUT2D eigenvalue weighted by Crippen LogP contribution is -2.40. The number of carbonyl (C=O) groups is 2. The van der Waals surface area contributed by atoms with Crippen molar-refractivity contribution in [2.24, 2.45) is 0 Å². The third-order valence-electron chi connectivity index (χ3n) is 5.53. The van der Waals surface area contributed by atoms with Gasteiger partial charge in [-0.05, 0) is 42.7 Å². The highest BCUT2D eigenvalue weighted by molar-refractivity contribution is 5.97. The quantitative estimate of drug-likeness (QED) is 0.740. The molecular formula is C24H28N2O5. The number of hydrogen-bond acceptors (Lipinski definition) is 5. The molecule has 2 aromatic rings. The first-order valence-corrected chi connectivity index (χ1v) is 10.8. The zero-order valence-electron chi connectivity index (χ0n) is 17.5. The van der Waals surface area contributed by atoms with Crippen LogP contribution < -0.4 is 10.1 Å². The van der Waals surface area contributed by atoms with Crippen molar-refractivity contribution in [2.75, 3.05) is 39.5 Å². The fraction of sp³-hybridized carbons (Fsp3) is 0.417. The minimum absolute atomic E-state index is 0.0104. The topological polar surface area (TPSA) is 77.1 Å². The van der Waals surface area contributed by atoms with E-state index in [-0.39, 0.29) is 17.9 Å². The SMILES string of the molecule is O=C(NCc1ccc(C(=O)N2CCOCC2)cc1)c1ccccc1OC[C@H]1CCCO1. The van der Waals surface area contributed by atoms with E-state index in [0.29, 0.717) is 56.3 Å². The molecule has 31 heavy (non-hydrogen) atoms. The second-order valence-electron chi connectivity index (χ2n) is 7.73. The smallest absolute Gasteiger partial charge is 0.255 e. The summed E-state index contributed by atoms with van der Waals surface area (Å²) in [4.78, 5) is 27.1. The maximum atomic E-state index is 12.7. The van der Waals surface area contributed by atoms with Crippen molar-refractivity contribution in [3.8, 4) is 5.75 Å². The highest BCUT2D eigenvalue weighted by Gasteiger charge is 2.19. The Kier molecular flexibility index (Phi) is 7.17. The van der Waals surface area contributed by atoms with E-state index in [9.17, 15) is 9.59 Å². The van der Waals surface area contributed by atoms with Gasteiger partial charge in [0, 0.05) is 31.8 Å². The van der Waals surface area contributed by atoms with Crippen LogP contribution >= 0.6 is 0 Å². The van der Waals surface area contributed by atoms with Crippen molar-refractivity contribution < 1.29 is 23.8 Å². The standard InChI is InChI=1S/C24H28N2O5/c27-23(21-5-1-2-6-22(21)31-17-20-4-3-13-30-20)25-16-18-7-9-19(10-8-18)24(28)26-11-14-29-15-12-26/h1-2,5-10,20H,3-4,11-17H2,(H,25,27)/t20-/m1/s1. The highest BCUT2D eigenvalue weighted by Crippen LogP contribution is 2.20. The van der Waals surface area contributed by atoms with Crippen molar-refractivity contribution in [1.29, 1.82) is 0 Å². The molecule has 0 aliphatic carbocycles. The Morgan fingerprint density at radius 1 is 1.03 bits per heavy atom. The molecule has 0 bridgehead atoms. The largest absolute Gasteiger partial charge is 0.490 e. The number of morpholine rings is 1. The lowest BCUT2D eigenvalue weighted by Gasteiger charge is -2.26. The summed E-state index contributed by atoms with van der Waals surface area (Å²) in [6.07, 6.45) is 2.13. The summed E-state index contributed by atoms with van der Waals surface area (Å²) >= 11 is 0. The van der Waals surface area contributed by atoms with Gasteiger partial charge < -0.3 is 24.4 Å². The summed E-state index contributed by atoms with van der Waals surface area (Å²) in [6.45, 7) is 3.97. The van der Waals surface area contributed by atoms with Crippen LogP contribution in [0.5, 0.6) is 5.75 Å². The van der Waals surface area contributed by atoms with Crippen LogP contribution in [0, 0.1) is 0 Å². The Balaban J connectivity index is 1.32. The third-order valence-corrected chi connectivity index (χ3v) is 5.53. The average molecular weight is 424 g/mol. The van der Waals surface area contributed by atoms with E-state index in [1.54, 1.807) is 29.2 Å². The van der Waals surface area contributed by atoms with E-state index < -0.39 is 0 Å². The first-order valence-electron chi connectivity index (χ1n) is 10.8. The van der Waals surface area contributed by atoms with Crippen LogP contribution in [0.25, 0.3) is 0 Å². The Labute approximate surface area is 182 Å². The van der Waals surface area contributed by atoms with Gasteiger partial charge in [0.05, 0.1) is 24.9 Å². The second kappa shape index (κ2) is 10.4. The molecule has 2 aromatic carbocycles. The van der Waals surface area contributed by atoms with Crippen molar-refractivity contribution in [2.45, 2.75) is 25.5 Å². The number of carbonyl (C=O) groups excluding carboxylic acids is 2. The van der Waals surface area contributed by atoms with Crippen molar-refractivity contribution in [3.05, 3.63) is 65.2 Å². The molecule has 2 heterocycles. The predicted molar refractivity (Wildman–Crippen MR) is 115 cm³/mol. The minimum atomic E-state index is -0.198. The zero-order chi connectivity index (χ0) is 21.5. The van der Waals surface area contributed by atoms with E-state index >= 15 is 0 Å². The molecule has 0 spiro atoms. The fourth-order valence-corrected chi connectivity index (χ4v) is 3.73. The molecule has 4 rings (SSSR count). The number of rotatable bonds is 7. The van der Waals surface area contributed by atoms with Gasteiger partial charge in [0.2, 0.25) is 0 Å². The Bertz CT molecular complexity index is 887. The van der Waals surface area contributed by atoms with Gasteiger partial charge in [-0.1, -0.05) is 24.3 Å². The normalized spacial score (nSPS) is 18.6. The zero-order valence-corrected chi connectivity index (χ0v) is 17.5. The first kappa shape index (κ1) is 21.3. The Morgan fingerprint density at radius 2 is 1.81 bits per heavy atom. The van der Waals surface area contributed by atoms with E-state index in [0.717, 1.165) is 25.0 Å². The van der Waals surface area contributed by atoms with Gasteiger partial charge in [0.15, 0.2) is 0 Å². The van der Waals surface area contributed by atoms with Gasteiger partial charge in [-0.15, -0.1) is 0 Å². The first-order chi connectivity index (χ1) is 15.2. The number of nitrogens with one attached hydrogen (secondary N) is 1. The molecule has 0 unspecified atom stereocenters. The van der Waals surface area contributed by atoms with Crippen LogP contribution in [0.15, 0.2) is 48.5 Å². The molecule has 1 atom stereocenters. The predicted octanol–water partition coefficient (Wildman–Crippen LogP) is 2.65. The monoisotopic (exact) mass is 424 g/mol. The molecule has 2 amide bonds. The van der Waals surface area contributed by atoms with Crippen LogP contribution in [-0.4, -0.2) is 62.3 Å². The fourth-order valence-electron chi connectivity index (χ4n) is 3.73. The third kappa shape index (κ3) is 5.62. The number of ether oxygens (including phenoxy) is 3. The maximum Gasteiger partial charge on any atom is 0.255 e. The Hall–Kier alpha value is -2.90. The van der Waals surface area contributed by atoms with Gasteiger partial charge in [-0.25, -0.2) is 0 Å². The molecular weight excluding hydrogens is 396 g/mol. The molecule has 0 radical (unpaired) electrons. The van der Waals surface area contributed by atoms with Gasteiger partial charge >= 0.3 is 0 Å². The van der Waals surface area contributed by atoms with Crippen LogP contribution in [0.3, 0.4) is 0 Å². The summed E-state index contributed by atoms with van der Waals surface area (Å²) in [5.41, 5.74) is 2.06. The molecule has 2 aliphatic heterocycles. The van der Waals surface area contributed by atoms with Gasteiger partial charge in [-0.2, -0.15) is 0 Å². The number of hydrogen-bond donors (Lipinski definition) is 1. The van der Waals surface area contributed by atoms with Crippen molar-refractivity contribution in [1.82, 2.24) is 10.2 Å². The van der Waals surface area contributed by atoms with E-state index in [4.69, 9.17) is 14.2 Å². The maximum absolute atomic E-state index is 12.7. The minimum Gasteiger partial charge on any atom is -0.490 e. The van der Waals surface area contributed by atoms with E-state index in [1.165, 1.54) is 0 Å². The van der Waals surface area contributed by atoms with Gasteiger partial charge in [0.25, 0.3) is 11.8 Å². The Morgan fingerprint density at radius 3 is 2.55 bits per heavy atom. The van der Waals surface area contributed by atoms with Gasteiger partial charge in [-0.3, -0.25) is 9.59 Å². The lowest BCUT2D eigenvalue weighted by molar-refractivity contribution is 0.0303. The molecule has 1 N–H and O–H groups in total.